The molecule has 0 saturated carbocycles. The Hall–Kier alpha value is -4.22. The maximum atomic E-state index is 11.9. The van der Waals surface area contributed by atoms with Gasteiger partial charge in [-0.3, -0.25) is 9.55 Å². The summed E-state index contributed by atoms with van der Waals surface area (Å²) in [5.41, 5.74) is 6.49. The molecule has 4 aromatic heterocycles. The van der Waals surface area contributed by atoms with Gasteiger partial charge in [0.15, 0.2) is 15.5 Å². The summed E-state index contributed by atoms with van der Waals surface area (Å²) in [6.45, 7) is 4.54. The summed E-state index contributed by atoms with van der Waals surface area (Å²) in [5.74, 6) is 1.24. The number of fused-ring (bicyclic) bond motifs is 1. The van der Waals surface area contributed by atoms with E-state index in [2.05, 4.69) is 16.4 Å². The van der Waals surface area contributed by atoms with E-state index in [0.29, 0.717) is 34.2 Å². The van der Waals surface area contributed by atoms with Crippen LogP contribution in [0.4, 0.5) is 11.5 Å². The van der Waals surface area contributed by atoms with E-state index in [9.17, 15) is 8.42 Å². The molecule has 0 bridgehead atoms. The number of nitrogens with one attached hydrogen (secondary N) is 1. The number of hydrogen-bond acceptors (Lipinski definition) is 9. The fourth-order valence-corrected chi connectivity index (χ4v) is 5.65. The predicted molar refractivity (Wildman–Crippen MR) is 157 cm³/mol. The van der Waals surface area contributed by atoms with E-state index >= 15 is 0 Å². The number of pyridine rings is 2. The van der Waals surface area contributed by atoms with Crippen LogP contribution in [0, 0.1) is 13.8 Å². The van der Waals surface area contributed by atoms with Crippen LogP contribution >= 0.6 is 0 Å². The molecule has 0 spiro atoms. The summed E-state index contributed by atoms with van der Waals surface area (Å²) < 4.78 is 31.8. The molecule has 6 rings (SSSR count). The van der Waals surface area contributed by atoms with Crippen LogP contribution < -0.4 is 5.32 Å². The van der Waals surface area contributed by atoms with E-state index in [0.717, 1.165) is 59.6 Å². The molecule has 1 saturated heterocycles. The molecule has 1 fully saturated rings. The second kappa shape index (κ2) is 11.0. The Bertz CT molecular complexity index is 1810. The van der Waals surface area contributed by atoms with Gasteiger partial charge in [-0.1, -0.05) is 12.1 Å². The molecule has 1 aromatic carbocycles. The second-order valence-electron chi connectivity index (χ2n) is 10.4. The van der Waals surface area contributed by atoms with Crippen molar-refractivity contribution in [1.29, 1.82) is 0 Å². The monoisotopic (exact) mass is 569 g/mol. The van der Waals surface area contributed by atoms with Crippen LogP contribution in [0.25, 0.3) is 22.4 Å². The molecule has 0 amide bonds. The predicted octanol–water partition coefficient (Wildman–Crippen LogP) is 5.34. The zero-order chi connectivity index (χ0) is 28.6. The fourth-order valence-electron chi connectivity index (χ4n) is 5.02. The minimum atomic E-state index is -3.26. The van der Waals surface area contributed by atoms with Crippen LogP contribution in [0.2, 0.25) is 0 Å². The zero-order valence-corrected chi connectivity index (χ0v) is 24.0. The zero-order valence-electron chi connectivity index (χ0n) is 23.2. The van der Waals surface area contributed by atoms with Crippen molar-refractivity contribution in [2.75, 3.05) is 18.2 Å². The summed E-state index contributed by atoms with van der Waals surface area (Å²) in [6, 6.07) is 12.9. The average Bonchev–Trinajstić information content (AvgIpc) is 3.39. The van der Waals surface area contributed by atoms with Crippen LogP contribution in [-0.2, 0) is 21.0 Å². The molecule has 10 nitrogen and oxygen atoms in total. The Morgan fingerprint density at radius 2 is 1.80 bits per heavy atom. The van der Waals surface area contributed by atoms with Gasteiger partial charge in [0.05, 0.1) is 23.1 Å². The van der Waals surface area contributed by atoms with Crippen molar-refractivity contribution in [3.05, 3.63) is 83.8 Å². The Labute approximate surface area is 238 Å². The molecule has 0 radical (unpaired) electrons. The Morgan fingerprint density at radius 1 is 0.976 bits per heavy atom. The number of sulfone groups is 1. The molecule has 0 aliphatic carbocycles. The largest absolute Gasteiger partial charge is 0.358 e. The number of aromatic nitrogens is 6. The lowest BCUT2D eigenvalue weighted by atomic mass is 10.0. The fraction of sp³-hybridized carbons (Fsp3) is 0.300. The Kier molecular flexibility index (Phi) is 7.22. The highest BCUT2D eigenvalue weighted by Crippen LogP contribution is 2.34. The van der Waals surface area contributed by atoms with E-state index in [1.165, 1.54) is 6.26 Å². The first-order valence-corrected chi connectivity index (χ1v) is 15.4. The number of hydrogen-bond donors (Lipinski definition) is 1. The topological polar surface area (TPSA) is 125 Å². The average molecular weight is 570 g/mol. The minimum absolute atomic E-state index is 0.105. The number of benzene rings is 1. The van der Waals surface area contributed by atoms with E-state index in [4.69, 9.17) is 24.7 Å². The first-order chi connectivity index (χ1) is 19.7. The first-order valence-electron chi connectivity index (χ1n) is 13.6. The number of rotatable bonds is 7. The van der Waals surface area contributed by atoms with Gasteiger partial charge < -0.3 is 10.1 Å². The van der Waals surface area contributed by atoms with E-state index in [-0.39, 0.29) is 6.23 Å². The highest BCUT2D eigenvalue weighted by molar-refractivity contribution is 7.90. The summed E-state index contributed by atoms with van der Waals surface area (Å²) >= 11 is 0. The Morgan fingerprint density at radius 3 is 2.51 bits per heavy atom. The first kappa shape index (κ1) is 27.0. The quantitative estimate of drug-likeness (QED) is 0.277. The van der Waals surface area contributed by atoms with Crippen molar-refractivity contribution in [3.63, 3.8) is 0 Å². The lowest BCUT2D eigenvalue weighted by Crippen LogP contribution is -2.18. The third-order valence-electron chi connectivity index (χ3n) is 7.13. The molecule has 210 valence electrons. The number of ether oxygens (including phenoxy) is 1. The molecule has 1 aliphatic heterocycles. The van der Waals surface area contributed by atoms with Gasteiger partial charge in [0, 0.05) is 30.3 Å². The van der Waals surface area contributed by atoms with Crippen molar-refractivity contribution in [2.45, 2.75) is 50.7 Å². The van der Waals surface area contributed by atoms with Gasteiger partial charge in [0.2, 0.25) is 0 Å². The van der Waals surface area contributed by atoms with Crippen LogP contribution in [0.1, 0.15) is 48.1 Å². The van der Waals surface area contributed by atoms with Crippen molar-refractivity contribution in [1.82, 2.24) is 29.5 Å². The van der Waals surface area contributed by atoms with Gasteiger partial charge in [-0.05, 0) is 81.0 Å². The minimum Gasteiger partial charge on any atom is -0.358 e. The summed E-state index contributed by atoms with van der Waals surface area (Å²) in [4.78, 5) is 23.8. The lowest BCUT2D eigenvalue weighted by Gasteiger charge is -2.23. The van der Waals surface area contributed by atoms with Gasteiger partial charge in [-0.25, -0.2) is 28.4 Å². The van der Waals surface area contributed by atoms with Crippen molar-refractivity contribution >= 4 is 32.5 Å². The molecule has 1 N–H and O–H groups in total. The number of nitrogens with zero attached hydrogens (tertiary/aromatic N) is 6. The smallest absolute Gasteiger partial charge is 0.175 e. The second-order valence-corrected chi connectivity index (χ2v) is 12.4. The van der Waals surface area contributed by atoms with Gasteiger partial charge in [-0.2, -0.15) is 0 Å². The maximum absolute atomic E-state index is 11.9. The number of imidazole rings is 1. The molecule has 41 heavy (non-hydrogen) atoms. The van der Waals surface area contributed by atoms with Crippen molar-refractivity contribution in [2.24, 2.45) is 0 Å². The summed E-state index contributed by atoms with van der Waals surface area (Å²) in [6.07, 6.45) is 10.1. The van der Waals surface area contributed by atoms with Gasteiger partial charge >= 0.3 is 0 Å². The molecule has 5 aromatic rings. The molecule has 11 heteroatoms. The van der Waals surface area contributed by atoms with Gasteiger partial charge in [0.25, 0.3) is 0 Å². The number of anilines is 2. The van der Waals surface area contributed by atoms with E-state index < -0.39 is 9.84 Å². The third-order valence-corrected chi connectivity index (χ3v) is 8.26. The van der Waals surface area contributed by atoms with Crippen molar-refractivity contribution in [3.8, 4) is 11.3 Å². The van der Waals surface area contributed by atoms with E-state index in [1.807, 2.05) is 48.9 Å². The maximum Gasteiger partial charge on any atom is 0.175 e. The summed E-state index contributed by atoms with van der Waals surface area (Å²) in [7, 11) is -3.26. The van der Waals surface area contributed by atoms with Crippen LogP contribution in [0.5, 0.6) is 0 Å². The SMILES string of the molecule is Cc1ccc(Nc2ncc(Cc3ccc(S(C)(=O)=O)cc3)cc2-c2nc(C)nc3c2ncn3C2CCCCO2)cn1. The van der Waals surface area contributed by atoms with Gasteiger partial charge in [0.1, 0.15) is 29.1 Å². The standard InChI is InChI=1S/C30H31N7O3S/c1-19-7-10-23(17-31-19)36-29-25(15-22(16-32-29)14-21-8-11-24(12-9-21)41(3,38)39)27-28-30(35-20(2)34-27)37(18-33-28)26-6-4-5-13-40-26/h7-12,15-18,26H,4-6,13-14H2,1-3H3,(H,32,36). The Balaban J connectivity index is 1.44. The van der Waals surface area contributed by atoms with E-state index in [1.54, 1.807) is 24.7 Å². The highest BCUT2D eigenvalue weighted by atomic mass is 32.2. The lowest BCUT2D eigenvalue weighted by molar-refractivity contribution is -0.0298. The normalized spacial score (nSPS) is 15.7. The molecular formula is C30H31N7O3S. The van der Waals surface area contributed by atoms with Crippen LogP contribution in [-0.4, -0.2) is 50.8 Å². The van der Waals surface area contributed by atoms with Gasteiger partial charge in [-0.15, -0.1) is 0 Å². The molecule has 1 unspecified atom stereocenters. The highest BCUT2D eigenvalue weighted by Gasteiger charge is 2.23. The summed E-state index contributed by atoms with van der Waals surface area (Å²) in [5, 5.41) is 3.41. The van der Waals surface area contributed by atoms with Crippen molar-refractivity contribution < 1.29 is 13.2 Å². The third kappa shape index (κ3) is 5.82. The molecule has 5 heterocycles. The molecule has 1 aliphatic rings. The molecule has 1 atom stereocenters. The van der Waals surface area contributed by atoms with Crippen LogP contribution in [0.3, 0.4) is 0 Å². The van der Waals surface area contributed by atoms with Crippen LogP contribution in [0.15, 0.2) is 66.1 Å². The number of aryl methyl sites for hydroxylation is 2. The molecular weight excluding hydrogens is 538 g/mol.